The normalized spacial score (nSPS) is 12.5. The first-order chi connectivity index (χ1) is 21.9. The summed E-state index contributed by atoms with van der Waals surface area (Å²) in [5.74, 6) is -13.6. The number of aryl methyl sites for hydroxylation is 3. The van der Waals surface area contributed by atoms with Crippen LogP contribution in [0.1, 0.15) is 93.9 Å². The topological polar surface area (TPSA) is 43.6 Å². The molecular weight excluding hydrogens is 701 g/mol. The maximum absolute atomic E-state index is 13.4. The molecule has 0 aromatic carbocycles. The van der Waals surface area contributed by atoms with E-state index in [1.807, 2.05) is 13.8 Å². The molecule has 0 aliphatic carbocycles. The van der Waals surface area contributed by atoms with E-state index in [9.17, 15) is 35.1 Å². The monoisotopic (exact) mass is 746 g/mol. The van der Waals surface area contributed by atoms with Gasteiger partial charge in [-0.2, -0.15) is 13.9 Å². The highest BCUT2D eigenvalue weighted by Crippen LogP contribution is 2.39. The van der Waals surface area contributed by atoms with Crippen LogP contribution in [0.5, 0.6) is 0 Å². The van der Waals surface area contributed by atoms with Gasteiger partial charge in [-0.05, 0) is 26.8 Å². The molecule has 4 aromatic rings. The third kappa shape index (κ3) is 11.9. The van der Waals surface area contributed by atoms with Crippen molar-refractivity contribution in [3.63, 3.8) is 0 Å². The van der Waals surface area contributed by atoms with Crippen molar-refractivity contribution in [2.24, 2.45) is 23.7 Å². The minimum Gasteiger partial charge on any atom is -0.273 e. The minimum absolute atomic E-state index is 0.00403. The van der Waals surface area contributed by atoms with E-state index in [2.05, 4.69) is 15.1 Å². The number of hydrogen-bond donors (Lipinski definition) is 0. The molecule has 4 nitrogen and oxygen atoms in total. The Balaban J connectivity index is 0.000000320. The van der Waals surface area contributed by atoms with Gasteiger partial charge >= 0.3 is 5.92 Å². The molecule has 0 spiro atoms. The van der Waals surface area contributed by atoms with Crippen molar-refractivity contribution in [3.8, 4) is 0 Å². The van der Waals surface area contributed by atoms with Gasteiger partial charge in [-0.1, -0.05) is 55.4 Å². The van der Waals surface area contributed by atoms with Gasteiger partial charge < -0.3 is 0 Å². The summed E-state index contributed by atoms with van der Waals surface area (Å²) in [7, 11) is 0. The van der Waals surface area contributed by atoms with Gasteiger partial charge in [0.05, 0.1) is 22.1 Å². The number of rotatable bonds is 9. The van der Waals surface area contributed by atoms with E-state index >= 15 is 0 Å². The molecule has 4 aromatic heterocycles. The molecule has 0 aliphatic rings. The van der Waals surface area contributed by atoms with Gasteiger partial charge in [0.25, 0.3) is 17.8 Å². The van der Waals surface area contributed by atoms with Crippen LogP contribution in [0.2, 0.25) is 0 Å². The highest BCUT2D eigenvalue weighted by molar-refractivity contribution is 7.10. The van der Waals surface area contributed by atoms with Crippen molar-refractivity contribution in [1.29, 1.82) is 0 Å². The molecule has 48 heavy (non-hydrogen) atoms. The van der Waals surface area contributed by atoms with Gasteiger partial charge in [-0.15, -0.1) is 34.0 Å². The van der Waals surface area contributed by atoms with Crippen molar-refractivity contribution in [3.05, 3.63) is 72.5 Å². The molecule has 4 rings (SSSR count). The first-order valence-corrected chi connectivity index (χ1v) is 18.0. The lowest BCUT2D eigenvalue weighted by Gasteiger charge is -2.18. The predicted octanol–water partition coefficient (Wildman–Crippen LogP) is 12.5. The Morgan fingerprint density at radius 2 is 1.19 bits per heavy atom. The molecule has 0 saturated heterocycles. The second-order valence-electron chi connectivity index (χ2n) is 12.3. The molecular formula is C33H46F8N4S3. The summed E-state index contributed by atoms with van der Waals surface area (Å²) in [5, 5.41) is 6.93. The Morgan fingerprint density at radius 3 is 1.54 bits per heavy atom. The summed E-state index contributed by atoms with van der Waals surface area (Å²) in [5.41, 5.74) is 2.24. The quantitative estimate of drug-likeness (QED) is 0.160. The fourth-order valence-corrected chi connectivity index (χ4v) is 5.82. The second-order valence-corrected chi connectivity index (χ2v) is 15.2. The number of alkyl halides is 8. The molecule has 0 atom stereocenters. The second kappa shape index (κ2) is 18.0. The smallest absolute Gasteiger partial charge is 0.273 e. The highest BCUT2D eigenvalue weighted by atomic mass is 32.1. The molecule has 0 fully saturated rings. The van der Waals surface area contributed by atoms with Gasteiger partial charge in [-0.25, -0.2) is 31.3 Å². The number of aromatic nitrogens is 4. The van der Waals surface area contributed by atoms with Gasteiger partial charge in [0.15, 0.2) is 5.01 Å². The summed E-state index contributed by atoms with van der Waals surface area (Å²) in [6, 6.07) is 1.56. The van der Waals surface area contributed by atoms with Crippen molar-refractivity contribution in [2.75, 3.05) is 0 Å². The van der Waals surface area contributed by atoms with E-state index in [0.717, 1.165) is 27.6 Å². The zero-order valence-corrected chi connectivity index (χ0v) is 31.5. The number of nitrogens with zero attached hydrogens (tertiary/aromatic N) is 4. The number of thiazole rings is 2. The summed E-state index contributed by atoms with van der Waals surface area (Å²) in [4.78, 5) is 8.37. The van der Waals surface area contributed by atoms with E-state index in [1.54, 1.807) is 18.4 Å². The zero-order valence-electron chi connectivity index (χ0n) is 29.1. The SMILES string of the molecule is CC(C)C(F)(F)c1cncs1.CCn1cc(C(F)(F)C(C)C)cn1.Cc1cc(C(F)(F)C(C)C)cs1.Cc1csc(C(F)(F)C(C)C)n1. The Hall–Kier alpha value is -2.39. The predicted molar refractivity (Wildman–Crippen MR) is 181 cm³/mol. The Labute approximate surface area is 290 Å². The van der Waals surface area contributed by atoms with Gasteiger partial charge in [0.2, 0.25) is 0 Å². The number of hydrogen-bond acceptors (Lipinski definition) is 6. The molecule has 0 amide bonds. The molecule has 4 heterocycles. The summed E-state index contributed by atoms with van der Waals surface area (Å²) < 4.78 is 107. The van der Waals surface area contributed by atoms with Crippen LogP contribution in [0.4, 0.5) is 35.1 Å². The fourth-order valence-electron chi connectivity index (χ4n) is 3.41. The van der Waals surface area contributed by atoms with Crippen LogP contribution in [0.15, 0.2) is 40.9 Å². The molecule has 0 N–H and O–H groups in total. The van der Waals surface area contributed by atoms with E-state index in [0.29, 0.717) is 12.2 Å². The maximum Gasteiger partial charge on any atom is 0.301 e. The average Bonchev–Trinajstić information content (AvgIpc) is 3.81. The van der Waals surface area contributed by atoms with Crippen LogP contribution >= 0.6 is 34.0 Å². The Kier molecular flexibility index (Phi) is 16.4. The van der Waals surface area contributed by atoms with E-state index in [1.165, 1.54) is 101 Å². The van der Waals surface area contributed by atoms with Gasteiger partial charge in [0, 0.05) is 69.5 Å². The Morgan fingerprint density at radius 1 is 0.667 bits per heavy atom. The zero-order chi connectivity index (χ0) is 37.3. The van der Waals surface area contributed by atoms with Gasteiger partial charge in [-0.3, -0.25) is 9.67 Å². The van der Waals surface area contributed by atoms with Crippen LogP contribution in [-0.2, 0) is 30.2 Å². The highest BCUT2D eigenvalue weighted by Gasteiger charge is 2.39. The molecule has 0 radical (unpaired) electrons. The molecule has 0 unspecified atom stereocenters. The van der Waals surface area contributed by atoms with Crippen molar-refractivity contribution >= 4 is 34.0 Å². The summed E-state index contributed by atoms with van der Waals surface area (Å²) in [6.45, 7) is 18.1. The van der Waals surface area contributed by atoms with Crippen LogP contribution in [0.25, 0.3) is 0 Å². The third-order valence-electron chi connectivity index (χ3n) is 7.02. The van der Waals surface area contributed by atoms with Crippen LogP contribution in [-0.4, -0.2) is 19.7 Å². The fraction of sp³-hybridized carbons (Fsp3) is 0.606. The summed E-state index contributed by atoms with van der Waals surface area (Å²) in [6.07, 6.45) is 3.87. The molecule has 272 valence electrons. The first-order valence-electron chi connectivity index (χ1n) is 15.3. The maximum atomic E-state index is 13.4. The molecule has 15 heteroatoms. The largest absolute Gasteiger partial charge is 0.301 e. The van der Waals surface area contributed by atoms with Gasteiger partial charge in [0.1, 0.15) is 0 Å². The lowest BCUT2D eigenvalue weighted by atomic mass is 10.0. The van der Waals surface area contributed by atoms with Crippen LogP contribution in [0, 0.1) is 37.5 Å². The van der Waals surface area contributed by atoms with Crippen LogP contribution < -0.4 is 0 Å². The minimum atomic E-state index is -2.78. The van der Waals surface area contributed by atoms with Crippen molar-refractivity contribution in [2.45, 2.75) is 106 Å². The van der Waals surface area contributed by atoms with E-state index < -0.39 is 47.4 Å². The lowest BCUT2D eigenvalue weighted by Crippen LogP contribution is -2.20. The number of thiophene rings is 1. The standard InChI is InChI=1S/C9H14F2N2.C9H12F2S.C8H11F2NS.C7H9F2NS/c1-4-13-6-8(5-12-13)9(10,11)7(2)3;1-6(2)9(10,11)8-4-7(3)12-5-8;1-5(2)8(9,10)7-11-6(3)4-12-7;1-5(2)7(8,9)6-3-10-4-11-6/h5-7H,4H2,1-3H3;4-6H,1-3H3;4-5H,1-3H3;3-5H,1-2H3. The van der Waals surface area contributed by atoms with Crippen molar-refractivity contribution < 1.29 is 35.1 Å². The molecule has 0 aliphatic heterocycles. The third-order valence-corrected chi connectivity index (χ3v) is 9.79. The summed E-state index contributed by atoms with van der Waals surface area (Å²) >= 11 is 3.39. The number of halogens is 8. The van der Waals surface area contributed by atoms with Crippen molar-refractivity contribution in [1.82, 2.24) is 19.7 Å². The Bertz CT molecular complexity index is 1420. The first kappa shape index (κ1) is 43.6. The van der Waals surface area contributed by atoms with E-state index in [4.69, 9.17) is 0 Å². The van der Waals surface area contributed by atoms with Crippen LogP contribution in [0.3, 0.4) is 0 Å². The molecule has 0 bridgehead atoms. The van der Waals surface area contributed by atoms with E-state index in [-0.39, 0.29) is 21.0 Å². The molecule has 0 saturated carbocycles. The lowest BCUT2D eigenvalue weighted by molar-refractivity contribution is -0.0518. The average molecular weight is 747 g/mol.